The van der Waals surface area contributed by atoms with Crippen LogP contribution in [0, 0.1) is 0 Å². The Bertz CT molecular complexity index is 965. The van der Waals surface area contributed by atoms with E-state index in [9.17, 15) is 9.59 Å². The lowest BCUT2D eigenvalue weighted by Gasteiger charge is -2.11. The third-order valence-electron chi connectivity index (χ3n) is 3.60. The molecule has 25 heavy (non-hydrogen) atoms. The number of hydrogen-bond donors (Lipinski definition) is 3. The Morgan fingerprint density at radius 3 is 2.76 bits per heavy atom. The van der Waals surface area contributed by atoms with Crippen molar-refractivity contribution in [3.05, 3.63) is 70.0 Å². The Hall–Kier alpha value is -3.19. The Balaban J connectivity index is 1.73. The van der Waals surface area contributed by atoms with E-state index in [1.165, 1.54) is 0 Å². The monoisotopic (exact) mass is 337 g/mol. The highest BCUT2D eigenvalue weighted by Gasteiger charge is 2.08. The molecule has 0 saturated heterocycles. The van der Waals surface area contributed by atoms with E-state index in [0.717, 1.165) is 12.1 Å². The van der Waals surface area contributed by atoms with Crippen LogP contribution in [0.25, 0.3) is 10.9 Å². The Morgan fingerprint density at radius 2 is 1.96 bits per heavy atom. The summed E-state index contributed by atoms with van der Waals surface area (Å²) in [5, 5.41) is 0.496. The number of carbonyl (C=O) groups excluding carboxylic acids is 1. The highest BCUT2D eigenvalue weighted by molar-refractivity contribution is 5.95. The van der Waals surface area contributed by atoms with Gasteiger partial charge >= 0.3 is 0 Å². The number of para-hydroxylation sites is 1. The van der Waals surface area contributed by atoms with E-state index in [2.05, 4.69) is 20.8 Å². The number of H-pyrrole nitrogens is 1. The molecule has 0 aliphatic carbocycles. The average molecular weight is 337 g/mol. The second-order valence-electron chi connectivity index (χ2n) is 5.95. The summed E-state index contributed by atoms with van der Waals surface area (Å²) in [6.07, 6.45) is 0. The van der Waals surface area contributed by atoms with Crippen molar-refractivity contribution >= 4 is 22.8 Å². The first-order valence-electron chi connectivity index (χ1n) is 7.82. The molecule has 0 radical (unpaired) electrons. The summed E-state index contributed by atoms with van der Waals surface area (Å²) in [6, 6.07) is 14.4. The van der Waals surface area contributed by atoms with Crippen LogP contribution in [0.3, 0.4) is 0 Å². The second kappa shape index (κ2) is 7.14. The number of amides is 1. The molecule has 0 aliphatic rings. The molecule has 0 bridgehead atoms. The number of aromatic nitrogens is 2. The molecule has 3 N–H and O–H groups in total. The molecule has 1 heterocycles. The van der Waals surface area contributed by atoms with Crippen molar-refractivity contribution in [2.45, 2.75) is 6.54 Å². The molecular formula is C18H19N5O2. The molecule has 0 spiro atoms. The fraction of sp³-hybridized carbons (Fsp3) is 0.167. The Kier molecular flexibility index (Phi) is 4.76. The smallest absolute Gasteiger partial charge is 0.269 e. The van der Waals surface area contributed by atoms with Crippen molar-refractivity contribution in [2.75, 3.05) is 19.5 Å². The standard InChI is InChI=1S/C18H19N5O2/c1-23(2)11-12-6-5-7-13(10-12)16(24)21-22-18-19-15-9-4-3-8-14(15)17(25)20-18/h3-10H,11H2,1-2H3,(H,21,24)(H2,19,20,22,25). The van der Waals surface area contributed by atoms with Gasteiger partial charge in [-0.25, -0.2) is 4.98 Å². The van der Waals surface area contributed by atoms with Crippen LogP contribution in [0.5, 0.6) is 0 Å². The maximum absolute atomic E-state index is 12.3. The molecule has 0 fully saturated rings. The summed E-state index contributed by atoms with van der Waals surface area (Å²) in [5.74, 6) is -0.127. The van der Waals surface area contributed by atoms with Crippen LogP contribution < -0.4 is 16.4 Å². The molecule has 0 atom stereocenters. The molecule has 3 rings (SSSR count). The van der Waals surface area contributed by atoms with Gasteiger partial charge in [0.2, 0.25) is 5.95 Å². The summed E-state index contributed by atoms with van der Waals surface area (Å²) in [7, 11) is 3.94. The molecule has 3 aromatic rings. The number of hydrogen-bond acceptors (Lipinski definition) is 5. The molecule has 1 amide bonds. The zero-order chi connectivity index (χ0) is 17.8. The van der Waals surface area contributed by atoms with Gasteiger partial charge in [0.25, 0.3) is 11.5 Å². The van der Waals surface area contributed by atoms with Crippen LogP contribution in [-0.2, 0) is 6.54 Å². The van der Waals surface area contributed by atoms with E-state index in [1.807, 2.05) is 37.2 Å². The van der Waals surface area contributed by atoms with Gasteiger partial charge in [-0.05, 0) is 43.9 Å². The molecule has 0 aliphatic heterocycles. The normalized spacial score (nSPS) is 10.8. The Labute approximate surface area is 144 Å². The molecule has 0 unspecified atom stereocenters. The fourth-order valence-electron chi connectivity index (χ4n) is 2.51. The SMILES string of the molecule is CN(C)Cc1cccc(C(=O)NNc2nc3ccccc3c(=O)[nH]2)c1. The fourth-order valence-corrected chi connectivity index (χ4v) is 2.51. The number of fused-ring (bicyclic) bond motifs is 1. The largest absolute Gasteiger partial charge is 0.305 e. The number of aromatic amines is 1. The van der Waals surface area contributed by atoms with Crippen LogP contribution in [0.4, 0.5) is 5.95 Å². The van der Waals surface area contributed by atoms with Gasteiger partial charge in [-0.2, -0.15) is 0 Å². The number of carbonyl (C=O) groups is 1. The molecule has 7 heteroatoms. The minimum atomic E-state index is -0.309. The van der Waals surface area contributed by atoms with Gasteiger partial charge in [0.1, 0.15) is 0 Å². The predicted octanol–water partition coefficient (Wildman–Crippen LogP) is 1.74. The van der Waals surface area contributed by atoms with Crippen LogP contribution in [0.2, 0.25) is 0 Å². The van der Waals surface area contributed by atoms with Crippen molar-refractivity contribution in [2.24, 2.45) is 0 Å². The molecular weight excluding hydrogens is 318 g/mol. The summed E-state index contributed by atoms with van der Waals surface area (Å²) in [4.78, 5) is 33.2. The third kappa shape index (κ3) is 4.02. The maximum atomic E-state index is 12.3. The summed E-state index contributed by atoms with van der Waals surface area (Å²) in [5.41, 5.74) is 7.06. The highest BCUT2D eigenvalue weighted by atomic mass is 16.2. The molecule has 7 nitrogen and oxygen atoms in total. The van der Waals surface area contributed by atoms with Crippen LogP contribution in [0.15, 0.2) is 53.3 Å². The molecule has 128 valence electrons. The summed E-state index contributed by atoms with van der Waals surface area (Å²) >= 11 is 0. The van der Waals surface area contributed by atoms with E-state index >= 15 is 0 Å². The van der Waals surface area contributed by atoms with E-state index in [-0.39, 0.29) is 17.4 Å². The summed E-state index contributed by atoms with van der Waals surface area (Å²) < 4.78 is 0. The van der Waals surface area contributed by atoms with Gasteiger partial charge in [0, 0.05) is 12.1 Å². The van der Waals surface area contributed by atoms with Gasteiger partial charge in [-0.15, -0.1) is 0 Å². The average Bonchev–Trinajstić information content (AvgIpc) is 2.59. The number of anilines is 1. The zero-order valence-corrected chi connectivity index (χ0v) is 14.0. The minimum absolute atomic E-state index is 0.182. The van der Waals surface area contributed by atoms with Gasteiger partial charge in [0.05, 0.1) is 10.9 Å². The van der Waals surface area contributed by atoms with E-state index in [0.29, 0.717) is 16.5 Å². The number of rotatable bonds is 5. The van der Waals surface area contributed by atoms with Crippen molar-refractivity contribution in [1.82, 2.24) is 20.3 Å². The van der Waals surface area contributed by atoms with Crippen molar-refractivity contribution in [3.63, 3.8) is 0 Å². The second-order valence-corrected chi connectivity index (χ2v) is 5.95. The van der Waals surface area contributed by atoms with Crippen LogP contribution in [-0.4, -0.2) is 34.9 Å². The zero-order valence-electron chi connectivity index (χ0n) is 14.0. The van der Waals surface area contributed by atoms with Crippen LogP contribution >= 0.6 is 0 Å². The minimum Gasteiger partial charge on any atom is -0.305 e. The quantitative estimate of drug-likeness (QED) is 0.617. The first-order chi connectivity index (χ1) is 12.0. The third-order valence-corrected chi connectivity index (χ3v) is 3.60. The number of hydrazine groups is 1. The van der Waals surface area contributed by atoms with Gasteiger partial charge in [-0.1, -0.05) is 24.3 Å². The lowest BCUT2D eigenvalue weighted by molar-refractivity contribution is 0.0962. The van der Waals surface area contributed by atoms with Gasteiger partial charge in [0.15, 0.2) is 0 Å². The van der Waals surface area contributed by atoms with Crippen molar-refractivity contribution in [3.8, 4) is 0 Å². The predicted molar refractivity (Wildman–Crippen MR) is 97.3 cm³/mol. The lowest BCUT2D eigenvalue weighted by atomic mass is 10.1. The van der Waals surface area contributed by atoms with E-state index in [1.54, 1.807) is 30.3 Å². The number of nitrogens with zero attached hydrogens (tertiary/aromatic N) is 2. The van der Waals surface area contributed by atoms with Crippen molar-refractivity contribution in [1.29, 1.82) is 0 Å². The van der Waals surface area contributed by atoms with E-state index < -0.39 is 0 Å². The highest BCUT2D eigenvalue weighted by Crippen LogP contribution is 2.09. The first kappa shape index (κ1) is 16.7. The maximum Gasteiger partial charge on any atom is 0.269 e. The number of nitrogens with one attached hydrogen (secondary N) is 3. The number of benzene rings is 2. The van der Waals surface area contributed by atoms with Crippen LogP contribution in [0.1, 0.15) is 15.9 Å². The molecule has 2 aromatic carbocycles. The molecule has 1 aromatic heterocycles. The summed E-state index contributed by atoms with van der Waals surface area (Å²) in [6.45, 7) is 0.744. The van der Waals surface area contributed by atoms with Crippen molar-refractivity contribution < 1.29 is 4.79 Å². The van der Waals surface area contributed by atoms with Gasteiger partial charge < -0.3 is 4.90 Å². The Morgan fingerprint density at radius 1 is 1.16 bits per heavy atom. The first-order valence-corrected chi connectivity index (χ1v) is 7.82. The molecule has 0 saturated carbocycles. The van der Waals surface area contributed by atoms with Gasteiger partial charge in [-0.3, -0.25) is 25.4 Å². The van der Waals surface area contributed by atoms with E-state index in [4.69, 9.17) is 0 Å². The topological polar surface area (TPSA) is 90.1 Å². The lowest BCUT2D eigenvalue weighted by Crippen LogP contribution is -2.31.